The van der Waals surface area contributed by atoms with Crippen LogP contribution in [0.2, 0.25) is 0 Å². The molecule has 0 saturated heterocycles. The van der Waals surface area contributed by atoms with Crippen LogP contribution in [0.15, 0.2) is 36.5 Å². The van der Waals surface area contributed by atoms with Crippen molar-refractivity contribution in [1.29, 1.82) is 0 Å². The lowest BCUT2D eigenvalue weighted by Crippen LogP contribution is -2.45. The lowest BCUT2D eigenvalue weighted by molar-refractivity contribution is -0.143. The molecule has 2 atom stereocenters. The first-order chi connectivity index (χ1) is 42.5. The molecule has 0 aliphatic carbocycles. The van der Waals surface area contributed by atoms with E-state index in [9.17, 15) is 19.8 Å². The van der Waals surface area contributed by atoms with E-state index < -0.39 is 12.1 Å². The van der Waals surface area contributed by atoms with Gasteiger partial charge in [0.05, 0.1) is 25.4 Å². The molecule has 2 unspecified atom stereocenters. The monoisotopic (exact) mass is 1210 g/mol. The van der Waals surface area contributed by atoms with Gasteiger partial charge < -0.3 is 20.3 Å². The van der Waals surface area contributed by atoms with Gasteiger partial charge in [0.1, 0.15) is 0 Å². The zero-order chi connectivity index (χ0) is 62.0. The Balaban J connectivity index is 3.38. The average molecular weight is 1210 g/mol. The number of aliphatic hydroxyl groups excluding tert-OH is 2. The second kappa shape index (κ2) is 75.5. The molecule has 0 aliphatic heterocycles. The van der Waals surface area contributed by atoms with Crippen LogP contribution < -0.4 is 5.32 Å². The van der Waals surface area contributed by atoms with Gasteiger partial charge in [-0.25, -0.2) is 0 Å². The van der Waals surface area contributed by atoms with Crippen molar-refractivity contribution >= 4 is 11.9 Å². The fourth-order valence-corrected chi connectivity index (χ4v) is 12.4. The molecule has 0 aromatic carbocycles. The van der Waals surface area contributed by atoms with Crippen LogP contribution in [0.4, 0.5) is 0 Å². The van der Waals surface area contributed by atoms with Crippen LogP contribution in [0.5, 0.6) is 0 Å². The van der Waals surface area contributed by atoms with Gasteiger partial charge in [-0.15, -0.1) is 0 Å². The lowest BCUT2D eigenvalue weighted by Gasteiger charge is -2.20. The van der Waals surface area contributed by atoms with Crippen molar-refractivity contribution in [3.8, 4) is 0 Å². The number of hydrogen-bond acceptors (Lipinski definition) is 5. The molecule has 0 aromatic rings. The minimum absolute atomic E-state index is 0.0108. The van der Waals surface area contributed by atoms with E-state index >= 15 is 0 Å². The number of aliphatic hydroxyl groups is 2. The van der Waals surface area contributed by atoms with E-state index in [1.807, 2.05) is 6.08 Å². The van der Waals surface area contributed by atoms with Gasteiger partial charge in [0.2, 0.25) is 5.91 Å². The van der Waals surface area contributed by atoms with Crippen LogP contribution in [-0.2, 0) is 14.3 Å². The van der Waals surface area contributed by atoms with Crippen molar-refractivity contribution in [2.45, 2.75) is 450 Å². The van der Waals surface area contributed by atoms with Crippen LogP contribution in [-0.4, -0.2) is 47.4 Å². The minimum Gasteiger partial charge on any atom is -0.466 e. The predicted molar refractivity (Wildman–Crippen MR) is 379 cm³/mol. The standard InChI is InChI=1S/C80H153NO5/c1-3-5-7-9-11-13-15-17-19-21-22-23-24-28-31-34-37-41-44-48-52-56-60-64-68-72-78(83)77(76-82)81-79(84)73-69-65-61-57-53-49-45-42-38-35-32-29-26-25-27-30-33-36-39-43-47-51-55-59-63-67-71-75-86-80(85)74-70-66-62-58-54-50-46-40-20-18-16-14-12-10-8-6-4-2/h12,14,18,20,68,72,77-78,82-83H,3-11,13,15-17,19,21-67,69-71,73-76H2,1-2H3,(H,81,84)/b14-12-,20-18-,72-68+. The predicted octanol–water partition coefficient (Wildman–Crippen LogP) is 25.8. The van der Waals surface area contributed by atoms with E-state index in [0.29, 0.717) is 19.4 Å². The summed E-state index contributed by atoms with van der Waals surface area (Å²) in [5.41, 5.74) is 0. The molecular weight excluding hydrogens is 1050 g/mol. The number of carbonyl (C=O) groups is 2. The van der Waals surface area contributed by atoms with Gasteiger partial charge in [0, 0.05) is 12.8 Å². The zero-order valence-corrected chi connectivity index (χ0v) is 58.3. The van der Waals surface area contributed by atoms with Gasteiger partial charge in [-0.05, 0) is 64.2 Å². The summed E-state index contributed by atoms with van der Waals surface area (Å²) in [6.07, 6.45) is 98.3. The number of amides is 1. The Morgan fingerprint density at radius 2 is 0.581 bits per heavy atom. The van der Waals surface area contributed by atoms with Gasteiger partial charge in [-0.2, -0.15) is 0 Å². The lowest BCUT2D eigenvalue weighted by atomic mass is 10.0. The quantitative estimate of drug-likeness (QED) is 0.0320. The van der Waals surface area contributed by atoms with Crippen molar-refractivity contribution in [2.75, 3.05) is 13.2 Å². The van der Waals surface area contributed by atoms with Gasteiger partial charge in [0.25, 0.3) is 0 Å². The molecule has 86 heavy (non-hydrogen) atoms. The Morgan fingerprint density at radius 3 is 0.907 bits per heavy atom. The highest BCUT2D eigenvalue weighted by Crippen LogP contribution is 2.20. The van der Waals surface area contributed by atoms with Gasteiger partial charge in [-0.3, -0.25) is 9.59 Å². The van der Waals surface area contributed by atoms with Gasteiger partial charge >= 0.3 is 5.97 Å². The van der Waals surface area contributed by atoms with Crippen LogP contribution in [0.3, 0.4) is 0 Å². The largest absolute Gasteiger partial charge is 0.466 e. The highest BCUT2D eigenvalue weighted by Gasteiger charge is 2.18. The molecule has 0 saturated carbocycles. The maximum absolute atomic E-state index is 12.6. The molecule has 3 N–H and O–H groups in total. The number of hydrogen-bond donors (Lipinski definition) is 3. The SMILES string of the molecule is CCCCC/C=C\C/C=C\CCCCCCCCCC(=O)OCCCCCCCCCCCCCCCCCCCCCCCCCCCCCC(=O)NC(CO)C(O)/C=C/CCCCCCCCCCCCCCCCCCCCCCCCC. The summed E-state index contributed by atoms with van der Waals surface area (Å²) in [5, 5.41) is 23.3. The summed E-state index contributed by atoms with van der Waals surface area (Å²) in [5.74, 6) is -0.0496. The highest BCUT2D eigenvalue weighted by molar-refractivity contribution is 5.76. The third kappa shape index (κ3) is 71.2. The molecule has 0 aliphatic rings. The molecule has 0 fully saturated rings. The van der Waals surface area contributed by atoms with Gasteiger partial charge in [-0.1, -0.05) is 397 Å². The minimum atomic E-state index is -0.845. The van der Waals surface area contributed by atoms with Crippen LogP contribution in [0.25, 0.3) is 0 Å². The van der Waals surface area contributed by atoms with Crippen molar-refractivity contribution < 1.29 is 24.5 Å². The topological polar surface area (TPSA) is 95.9 Å². The Morgan fingerprint density at radius 1 is 0.326 bits per heavy atom. The molecule has 1 amide bonds. The Labute approximate surface area is 538 Å². The smallest absolute Gasteiger partial charge is 0.305 e. The number of nitrogens with one attached hydrogen (secondary N) is 1. The molecule has 508 valence electrons. The Bertz CT molecular complexity index is 1390. The summed E-state index contributed by atoms with van der Waals surface area (Å²) in [6.45, 7) is 4.92. The third-order valence-electron chi connectivity index (χ3n) is 18.4. The number of ether oxygens (including phenoxy) is 1. The molecule has 6 heteroatoms. The molecule has 0 rings (SSSR count). The van der Waals surface area contributed by atoms with Crippen molar-refractivity contribution in [2.24, 2.45) is 0 Å². The summed E-state index contributed by atoms with van der Waals surface area (Å²) >= 11 is 0. The van der Waals surface area contributed by atoms with Crippen LogP contribution >= 0.6 is 0 Å². The highest BCUT2D eigenvalue weighted by atomic mass is 16.5. The normalized spacial score (nSPS) is 12.7. The summed E-state index contributed by atoms with van der Waals surface area (Å²) in [4.78, 5) is 24.7. The van der Waals surface area contributed by atoms with Gasteiger partial charge in [0.15, 0.2) is 0 Å². The molecular formula is C80H153NO5. The van der Waals surface area contributed by atoms with E-state index in [4.69, 9.17) is 4.74 Å². The number of unbranched alkanes of at least 4 members (excludes halogenated alkanes) is 59. The third-order valence-corrected chi connectivity index (χ3v) is 18.4. The fraction of sp³-hybridized carbons (Fsp3) is 0.900. The van der Waals surface area contributed by atoms with Crippen molar-refractivity contribution in [1.82, 2.24) is 5.32 Å². The first kappa shape index (κ1) is 84.1. The van der Waals surface area contributed by atoms with E-state index in [-0.39, 0.29) is 18.5 Å². The first-order valence-electron chi connectivity index (χ1n) is 39.3. The summed E-state index contributed by atoms with van der Waals surface area (Å²) in [7, 11) is 0. The number of carbonyl (C=O) groups excluding carboxylic acids is 2. The summed E-state index contributed by atoms with van der Waals surface area (Å²) in [6, 6.07) is -0.628. The van der Waals surface area contributed by atoms with E-state index in [1.54, 1.807) is 6.08 Å². The van der Waals surface area contributed by atoms with E-state index in [0.717, 1.165) is 51.4 Å². The van der Waals surface area contributed by atoms with E-state index in [1.165, 1.54) is 360 Å². The maximum atomic E-state index is 12.6. The molecule has 0 heterocycles. The van der Waals surface area contributed by atoms with Crippen LogP contribution in [0, 0.1) is 0 Å². The molecule has 0 bridgehead atoms. The molecule has 0 spiro atoms. The number of esters is 1. The molecule has 0 aromatic heterocycles. The number of allylic oxidation sites excluding steroid dienone is 5. The van der Waals surface area contributed by atoms with Crippen LogP contribution in [0.1, 0.15) is 438 Å². The molecule has 6 nitrogen and oxygen atoms in total. The second-order valence-corrected chi connectivity index (χ2v) is 27.0. The zero-order valence-electron chi connectivity index (χ0n) is 58.3. The average Bonchev–Trinajstić information content (AvgIpc) is 3.54. The van der Waals surface area contributed by atoms with Crippen molar-refractivity contribution in [3.63, 3.8) is 0 Å². The fourth-order valence-electron chi connectivity index (χ4n) is 12.4. The molecule has 0 radical (unpaired) electrons. The van der Waals surface area contributed by atoms with Crippen molar-refractivity contribution in [3.05, 3.63) is 36.5 Å². The Hall–Kier alpha value is -1.92. The summed E-state index contributed by atoms with van der Waals surface area (Å²) < 4.78 is 5.50. The first-order valence-corrected chi connectivity index (χ1v) is 39.3. The maximum Gasteiger partial charge on any atom is 0.305 e. The van der Waals surface area contributed by atoms with E-state index in [2.05, 4.69) is 43.5 Å². The second-order valence-electron chi connectivity index (χ2n) is 27.0. The Kier molecular flexibility index (Phi) is 73.9. The number of rotatable bonds is 74.